The molecule has 2 rings (SSSR count). The van der Waals surface area contributed by atoms with Gasteiger partial charge in [0.25, 0.3) is 0 Å². The zero-order valence-electron chi connectivity index (χ0n) is 12.6. The van der Waals surface area contributed by atoms with E-state index in [0.29, 0.717) is 26.0 Å². The molecule has 0 saturated heterocycles. The first-order valence-electron chi connectivity index (χ1n) is 7.26. The highest BCUT2D eigenvalue weighted by atomic mass is 19.1. The van der Waals surface area contributed by atoms with Gasteiger partial charge in [-0.25, -0.2) is 4.39 Å². The molecule has 0 radical (unpaired) electrons. The lowest BCUT2D eigenvalue weighted by Crippen LogP contribution is -2.23. The largest absolute Gasteiger partial charge is 0.380 e. The number of aryl methyl sites for hydroxylation is 1. The lowest BCUT2D eigenvalue weighted by molar-refractivity contribution is -0.121. The van der Waals surface area contributed by atoms with Crippen LogP contribution >= 0.6 is 0 Å². The van der Waals surface area contributed by atoms with Crippen LogP contribution in [0.15, 0.2) is 48.5 Å². The van der Waals surface area contributed by atoms with Gasteiger partial charge in [0.15, 0.2) is 0 Å². The number of hydrogen-bond acceptors (Lipinski definition) is 2. The van der Waals surface area contributed by atoms with Gasteiger partial charge < -0.3 is 10.1 Å². The normalized spacial score (nSPS) is 10.5. The first-order valence-corrected chi connectivity index (χ1v) is 7.26. The van der Waals surface area contributed by atoms with Gasteiger partial charge in [0, 0.05) is 20.1 Å². The fourth-order valence-electron chi connectivity index (χ4n) is 2.26. The minimum atomic E-state index is -0.272. The van der Waals surface area contributed by atoms with Crippen LogP contribution in [0.3, 0.4) is 0 Å². The summed E-state index contributed by atoms with van der Waals surface area (Å²) in [6.07, 6.45) is 0.874. The van der Waals surface area contributed by atoms with Gasteiger partial charge in [0.2, 0.25) is 5.91 Å². The maximum absolute atomic E-state index is 13.1. The van der Waals surface area contributed by atoms with E-state index in [1.807, 2.05) is 30.3 Å². The molecule has 0 aliphatic rings. The lowest BCUT2D eigenvalue weighted by Gasteiger charge is -2.10. The molecule has 3 nitrogen and oxygen atoms in total. The number of amides is 1. The number of nitrogens with one attached hydrogen (secondary N) is 1. The lowest BCUT2D eigenvalue weighted by atomic mass is 10.1. The second-order valence-corrected chi connectivity index (χ2v) is 5.11. The van der Waals surface area contributed by atoms with Gasteiger partial charge in [-0.3, -0.25) is 4.79 Å². The summed E-state index contributed by atoms with van der Waals surface area (Å²) in [4.78, 5) is 11.9. The standard InChI is InChI=1S/C18H20FNO2/c1-22-13-16-7-3-2-6-15(16)12-20-18(21)10-9-14-5-4-8-17(19)11-14/h2-8,11H,9-10,12-13H2,1H3,(H,20,21). The quantitative estimate of drug-likeness (QED) is 0.852. The molecule has 0 spiro atoms. The molecular formula is C18H20FNO2. The molecule has 116 valence electrons. The van der Waals surface area contributed by atoms with Crippen molar-refractivity contribution in [3.8, 4) is 0 Å². The van der Waals surface area contributed by atoms with Crippen LogP contribution in [0.25, 0.3) is 0 Å². The average molecular weight is 301 g/mol. The van der Waals surface area contributed by atoms with Gasteiger partial charge >= 0.3 is 0 Å². The molecule has 22 heavy (non-hydrogen) atoms. The summed E-state index contributed by atoms with van der Waals surface area (Å²) in [7, 11) is 1.65. The average Bonchev–Trinajstić information content (AvgIpc) is 2.52. The van der Waals surface area contributed by atoms with Crippen molar-refractivity contribution in [2.45, 2.75) is 26.0 Å². The number of methoxy groups -OCH3 is 1. The van der Waals surface area contributed by atoms with Crippen LogP contribution in [0.2, 0.25) is 0 Å². The second-order valence-electron chi connectivity index (χ2n) is 5.11. The number of ether oxygens (including phenoxy) is 1. The van der Waals surface area contributed by atoms with Crippen LogP contribution in [0.1, 0.15) is 23.1 Å². The van der Waals surface area contributed by atoms with Gasteiger partial charge in [0.1, 0.15) is 5.82 Å². The van der Waals surface area contributed by atoms with Crippen molar-refractivity contribution >= 4 is 5.91 Å². The monoisotopic (exact) mass is 301 g/mol. The molecule has 1 amide bonds. The highest BCUT2D eigenvalue weighted by molar-refractivity contribution is 5.76. The summed E-state index contributed by atoms with van der Waals surface area (Å²) in [5.41, 5.74) is 2.94. The molecule has 0 bridgehead atoms. The molecule has 1 N–H and O–H groups in total. The molecular weight excluding hydrogens is 281 g/mol. The number of carbonyl (C=O) groups is 1. The first-order chi connectivity index (χ1) is 10.7. The summed E-state index contributed by atoms with van der Waals surface area (Å²) in [5.74, 6) is -0.317. The molecule has 0 aliphatic heterocycles. The summed E-state index contributed by atoms with van der Waals surface area (Å²) in [6, 6.07) is 14.2. The molecule has 4 heteroatoms. The molecule has 2 aromatic carbocycles. The number of halogens is 1. The Morgan fingerprint density at radius 3 is 2.64 bits per heavy atom. The number of carbonyl (C=O) groups excluding carboxylic acids is 1. The number of rotatable bonds is 7. The summed E-state index contributed by atoms with van der Waals surface area (Å²) < 4.78 is 18.2. The van der Waals surface area contributed by atoms with E-state index in [2.05, 4.69) is 5.32 Å². The van der Waals surface area contributed by atoms with Crippen LogP contribution < -0.4 is 5.32 Å². The van der Waals surface area contributed by atoms with E-state index in [0.717, 1.165) is 16.7 Å². The molecule has 0 aliphatic carbocycles. The maximum Gasteiger partial charge on any atom is 0.220 e. The minimum Gasteiger partial charge on any atom is -0.380 e. The van der Waals surface area contributed by atoms with Gasteiger partial charge in [0.05, 0.1) is 6.61 Å². The van der Waals surface area contributed by atoms with E-state index in [4.69, 9.17) is 4.74 Å². The Morgan fingerprint density at radius 1 is 1.14 bits per heavy atom. The van der Waals surface area contributed by atoms with Crippen molar-refractivity contribution < 1.29 is 13.9 Å². The Labute approximate surface area is 130 Å². The van der Waals surface area contributed by atoms with Crippen LogP contribution in [0, 0.1) is 5.82 Å². The van der Waals surface area contributed by atoms with Crippen LogP contribution in [0.5, 0.6) is 0 Å². The highest BCUT2D eigenvalue weighted by Gasteiger charge is 2.05. The Bertz CT molecular complexity index is 628. The number of benzene rings is 2. The molecule has 0 aromatic heterocycles. The zero-order chi connectivity index (χ0) is 15.8. The molecule has 0 atom stereocenters. The fourth-order valence-corrected chi connectivity index (χ4v) is 2.26. The van der Waals surface area contributed by atoms with Crippen molar-refractivity contribution in [2.24, 2.45) is 0 Å². The Morgan fingerprint density at radius 2 is 1.91 bits per heavy atom. The number of hydrogen-bond donors (Lipinski definition) is 1. The Balaban J connectivity index is 1.83. The van der Waals surface area contributed by atoms with Gasteiger partial charge in [-0.1, -0.05) is 36.4 Å². The Kier molecular flexibility index (Phi) is 6.10. The molecule has 0 saturated carbocycles. The van der Waals surface area contributed by atoms with E-state index in [-0.39, 0.29) is 11.7 Å². The first kappa shape index (κ1) is 16.2. The molecule has 0 unspecified atom stereocenters. The third kappa shape index (κ3) is 4.97. The predicted octanol–water partition coefficient (Wildman–Crippen LogP) is 3.22. The van der Waals surface area contributed by atoms with E-state index >= 15 is 0 Å². The minimum absolute atomic E-state index is 0.0449. The summed E-state index contributed by atoms with van der Waals surface area (Å²) in [5, 5.41) is 2.89. The van der Waals surface area contributed by atoms with Gasteiger partial charge in [-0.15, -0.1) is 0 Å². The maximum atomic E-state index is 13.1. The van der Waals surface area contributed by atoms with Crippen LogP contribution in [-0.4, -0.2) is 13.0 Å². The smallest absolute Gasteiger partial charge is 0.220 e. The highest BCUT2D eigenvalue weighted by Crippen LogP contribution is 2.10. The molecule has 0 fully saturated rings. The van der Waals surface area contributed by atoms with Crippen molar-refractivity contribution in [1.82, 2.24) is 5.32 Å². The van der Waals surface area contributed by atoms with Crippen molar-refractivity contribution in [3.05, 3.63) is 71.0 Å². The molecule has 0 heterocycles. The van der Waals surface area contributed by atoms with E-state index in [1.165, 1.54) is 12.1 Å². The molecule has 2 aromatic rings. The summed E-state index contributed by atoms with van der Waals surface area (Å²) >= 11 is 0. The van der Waals surface area contributed by atoms with Gasteiger partial charge in [-0.05, 0) is 35.2 Å². The van der Waals surface area contributed by atoms with Crippen molar-refractivity contribution in [1.29, 1.82) is 0 Å². The van der Waals surface area contributed by atoms with E-state index in [9.17, 15) is 9.18 Å². The summed E-state index contributed by atoms with van der Waals surface area (Å²) in [6.45, 7) is 0.997. The fraction of sp³-hybridized carbons (Fsp3) is 0.278. The van der Waals surface area contributed by atoms with E-state index in [1.54, 1.807) is 13.2 Å². The van der Waals surface area contributed by atoms with Gasteiger partial charge in [-0.2, -0.15) is 0 Å². The van der Waals surface area contributed by atoms with Crippen LogP contribution in [0.4, 0.5) is 4.39 Å². The van der Waals surface area contributed by atoms with E-state index < -0.39 is 0 Å². The third-order valence-electron chi connectivity index (χ3n) is 3.42. The Hall–Kier alpha value is -2.20. The topological polar surface area (TPSA) is 38.3 Å². The van der Waals surface area contributed by atoms with Crippen molar-refractivity contribution in [3.63, 3.8) is 0 Å². The zero-order valence-corrected chi connectivity index (χ0v) is 12.6. The third-order valence-corrected chi connectivity index (χ3v) is 3.42. The predicted molar refractivity (Wildman–Crippen MR) is 83.7 cm³/mol. The van der Waals surface area contributed by atoms with Crippen LogP contribution in [-0.2, 0) is 29.1 Å². The van der Waals surface area contributed by atoms with Crippen molar-refractivity contribution in [2.75, 3.05) is 7.11 Å². The second kappa shape index (κ2) is 8.29. The SMILES string of the molecule is COCc1ccccc1CNC(=O)CCc1cccc(F)c1.